The third kappa shape index (κ3) is 2.97. The van der Waals surface area contributed by atoms with Gasteiger partial charge in [0.05, 0.1) is 0 Å². The second-order valence-electron chi connectivity index (χ2n) is 4.86. The fourth-order valence-corrected chi connectivity index (χ4v) is 2.43. The molecule has 1 atom stereocenters. The standard InChI is InChI=1S/C14H21FN2/c1-12-3-5-14(6-4-12)17-10-9-16(8-7-15)13(2)11-17/h3-6,13H,7-11H2,1-2H3. The molecule has 0 bridgehead atoms. The van der Waals surface area contributed by atoms with Crippen LogP contribution in [0.1, 0.15) is 12.5 Å². The Hall–Kier alpha value is -1.09. The zero-order valence-electron chi connectivity index (χ0n) is 10.7. The summed E-state index contributed by atoms with van der Waals surface area (Å²) < 4.78 is 12.4. The maximum absolute atomic E-state index is 12.4. The molecule has 0 radical (unpaired) electrons. The minimum absolute atomic E-state index is 0.241. The van der Waals surface area contributed by atoms with Gasteiger partial charge in [-0.1, -0.05) is 17.7 Å². The van der Waals surface area contributed by atoms with E-state index in [1.165, 1.54) is 11.3 Å². The number of nitrogens with zero attached hydrogens (tertiary/aromatic N) is 2. The maximum Gasteiger partial charge on any atom is 0.102 e. The van der Waals surface area contributed by atoms with Crippen molar-refractivity contribution in [3.8, 4) is 0 Å². The molecular formula is C14H21FN2. The Kier molecular flexibility index (Phi) is 4.00. The van der Waals surface area contributed by atoms with Crippen molar-refractivity contribution in [3.05, 3.63) is 29.8 Å². The van der Waals surface area contributed by atoms with E-state index in [-0.39, 0.29) is 6.67 Å². The van der Waals surface area contributed by atoms with Gasteiger partial charge in [-0.3, -0.25) is 4.90 Å². The highest BCUT2D eigenvalue weighted by Gasteiger charge is 2.23. The number of halogens is 1. The fraction of sp³-hybridized carbons (Fsp3) is 0.571. The van der Waals surface area contributed by atoms with Crippen molar-refractivity contribution in [1.29, 1.82) is 0 Å². The topological polar surface area (TPSA) is 6.48 Å². The predicted molar refractivity (Wildman–Crippen MR) is 70.4 cm³/mol. The molecule has 1 fully saturated rings. The molecule has 1 saturated heterocycles. The van der Waals surface area contributed by atoms with Crippen LogP contribution in [-0.2, 0) is 0 Å². The molecule has 0 amide bonds. The third-order valence-electron chi connectivity index (χ3n) is 3.54. The van der Waals surface area contributed by atoms with Crippen LogP contribution >= 0.6 is 0 Å². The van der Waals surface area contributed by atoms with Crippen molar-refractivity contribution in [1.82, 2.24) is 4.90 Å². The third-order valence-corrected chi connectivity index (χ3v) is 3.54. The summed E-state index contributed by atoms with van der Waals surface area (Å²) in [6, 6.07) is 9.07. The maximum atomic E-state index is 12.4. The average molecular weight is 236 g/mol. The van der Waals surface area contributed by atoms with Crippen LogP contribution in [0.2, 0.25) is 0 Å². The largest absolute Gasteiger partial charge is 0.369 e. The molecule has 2 nitrogen and oxygen atoms in total. The molecule has 0 N–H and O–H groups in total. The van der Waals surface area contributed by atoms with E-state index in [2.05, 4.69) is 47.9 Å². The summed E-state index contributed by atoms with van der Waals surface area (Å²) in [5.74, 6) is 0. The zero-order valence-corrected chi connectivity index (χ0v) is 10.7. The van der Waals surface area contributed by atoms with Gasteiger partial charge in [-0.25, -0.2) is 4.39 Å². The van der Waals surface area contributed by atoms with E-state index >= 15 is 0 Å². The molecular weight excluding hydrogens is 215 g/mol. The highest BCUT2D eigenvalue weighted by molar-refractivity contribution is 5.48. The highest BCUT2D eigenvalue weighted by atomic mass is 19.1. The van der Waals surface area contributed by atoms with Crippen molar-refractivity contribution in [2.24, 2.45) is 0 Å². The first-order valence-corrected chi connectivity index (χ1v) is 6.32. The monoisotopic (exact) mass is 236 g/mol. The summed E-state index contributed by atoms with van der Waals surface area (Å²) in [5, 5.41) is 0. The van der Waals surface area contributed by atoms with Crippen LogP contribution in [0.15, 0.2) is 24.3 Å². The van der Waals surface area contributed by atoms with E-state index in [1.54, 1.807) is 0 Å². The van der Waals surface area contributed by atoms with Gasteiger partial charge < -0.3 is 4.90 Å². The predicted octanol–water partition coefficient (Wildman–Crippen LogP) is 2.48. The van der Waals surface area contributed by atoms with E-state index in [0.717, 1.165) is 19.6 Å². The van der Waals surface area contributed by atoms with E-state index in [0.29, 0.717) is 12.6 Å². The van der Waals surface area contributed by atoms with Crippen LogP contribution < -0.4 is 4.90 Å². The minimum atomic E-state index is -0.241. The SMILES string of the molecule is Cc1ccc(N2CCN(CCF)C(C)C2)cc1. The Balaban J connectivity index is 1.99. The summed E-state index contributed by atoms with van der Waals surface area (Å²) in [5.41, 5.74) is 2.57. The van der Waals surface area contributed by atoms with Gasteiger partial charge in [-0.2, -0.15) is 0 Å². The molecule has 2 rings (SSSR count). The van der Waals surface area contributed by atoms with Gasteiger partial charge in [-0.05, 0) is 26.0 Å². The van der Waals surface area contributed by atoms with E-state index < -0.39 is 0 Å². The Morgan fingerprint density at radius 3 is 2.53 bits per heavy atom. The number of hydrogen-bond donors (Lipinski definition) is 0. The average Bonchev–Trinajstić information content (AvgIpc) is 2.33. The molecule has 17 heavy (non-hydrogen) atoms. The van der Waals surface area contributed by atoms with Gasteiger partial charge in [0, 0.05) is 37.9 Å². The van der Waals surface area contributed by atoms with Gasteiger partial charge in [-0.15, -0.1) is 0 Å². The first-order valence-electron chi connectivity index (χ1n) is 6.32. The van der Waals surface area contributed by atoms with Gasteiger partial charge in [0.1, 0.15) is 6.67 Å². The molecule has 1 heterocycles. The van der Waals surface area contributed by atoms with Gasteiger partial charge in [0.2, 0.25) is 0 Å². The normalized spacial score (nSPS) is 21.8. The highest BCUT2D eigenvalue weighted by Crippen LogP contribution is 2.19. The zero-order chi connectivity index (χ0) is 12.3. The Bertz CT molecular complexity index is 350. The lowest BCUT2D eigenvalue weighted by atomic mass is 10.1. The minimum Gasteiger partial charge on any atom is -0.369 e. The molecule has 0 aromatic heterocycles. The van der Waals surface area contributed by atoms with Crippen molar-refractivity contribution < 1.29 is 4.39 Å². The fourth-order valence-electron chi connectivity index (χ4n) is 2.43. The molecule has 0 spiro atoms. The van der Waals surface area contributed by atoms with Gasteiger partial charge in [0.25, 0.3) is 0 Å². The number of hydrogen-bond acceptors (Lipinski definition) is 2. The van der Waals surface area contributed by atoms with Crippen LogP contribution in [0.25, 0.3) is 0 Å². The van der Waals surface area contributed by atoms with E-state index in [4.69, 9.17) is 0 Å². The molecule has 1 aromatic rings. The summed E-state index contributed by atoms with van der Waals surface area (Å²) in [6.45, 7) is 7.55. The van der Waals surface area contributed by atoms with E-state index in [1.807, 2.05) is 0 Å². The lowest BCUT2D eigenvalue weighted by Crippen LogP contribution is -2.52. The summed E-state index contributed by atoms with van der Waals surface area (Å²) >= 11 is 0. The number of piperazine rings is 1. The second kappa shape index (κ2) is 5.50. The number of alkyl halides is 1. The van der Waals surface area contributed by atoms with Crippen LogP contribution in [-0.4, -0.2) is 43.8 Å². The van der Waals surface area contributed by atoms with Crippen molar-refractivity contribution >= 4 is 5.69 Å². The van der Waals surface area contributed by atoms with Crippen LogP contribution in [0.4, 0.5) is 10.1 Å². The molecule has 1 aromatic carbocycles. The van der Waals surface area contributed by atoms with Gasteiger partial charge in [0.15, 0.2) is 0 Å². The second-order valence-corrected chi connectivity index (χ2v) is 4.86. The molecule has 1 unspecified atom stereocenters. The van der Waals surface area contributed by atoms with E-state index in [9.17, 15) is 4.39 Å². The van der Waals surface area contributed by atoms with Crippen molar-refractivity contribution in [2.75, 3.05) is 37.8 Å². The quantitative estimate of drug-likeness (QED) is 0.795. The Morgan fingerprint density at radius 1 is 1.24 bits per heavy atom. The van der Waals surface area contributed by atoms with Crippen LogP contribution in [0.5, 0.6) is 0 Å². The molecule has 94 valence electrons. The molecule has 0 aliphatic carbocycles. The lowest BCUT2D eigenvalue weighted by Gasteiger charge is -2.40. The first-order chi connectivity index (χ1) is 8.20. The van der Waals surface area contributed by atoms with Crippen molar-refractivity contribution in [2.45, 2.75) is 19.9 Å². The van der Waals surface area contributed by atoms with Crippen LogP contribution in [0.3, 0.4) is 0 Å². The summed E-state index contributed by atoms with van der Waals surface area (Å²) in [7, 11) is 0. The first kappa shape index (κ1) is 12.4. The number of benzene rings is 1. The van der Waals surface area contributed by atoms with Crippen molar-refractivity contribution in [3.63, 3.8) is 0 Å². The molecule has 1 aliphatic heterocycles. The summed E-state index contributed by atoms with van der Waals surface area (Å²) in [6.07, 6.45) is 0. The molecule has 1 aliphatic rings. The number of aryl methyl sites for hydroxylation is 1. The molecule has 3 heteroatoms. The number of anilines is 1. The van der Waals surface area contributed by atoms with Crippen LogP contribution in [0, 0.1) is 6.92 Å². The smallest absolute Gasteiger partial charge is 0.102 e. The number of rotatable bonds is 3. The molecule has 0 saturated carbocycles. The Labute approximate surface area is 103 Å². The summed E-state index contributed by atoms with van der Waals surface area (Å²) in [4.78, 5) is 4.61. The Morgan fingerprint density at radius 2 is 1.94 bits per heavy atom. The van der Waals surface area contributed by atoms with Gasteiger partial charge >= 0.3 is 0 Å². The lowest BCUT2D eigenvalue weighted by molar-refractivity contribution is 0.175.